The Morgan fingerprint density at radius 3 is 2.72 bits per heavy atom. The van der Waals surface area contributed by atoms with Crippen molar-refractivity contribution in [1.29, 1.82) is 0 Å². The average molecular weight is 513 g/mol. The van der Waals surface area contributed by atoms with Crippen LogP contribution in [-0.4, -0.2) is 39.9 Å². The highest BCUT2D eigenvalue weighted by Gasteiger charge is 2.15. The van der Waals surface area contributed by atoms with Crippen molar-refractivity contribution in [2.24, 2.45) is 4.99 Å². The molecule has 0 unspecified atom stereocenters. The van der Waals surface area contributed by atoms with Gasteiger partial charge in [0, 0.05) is 37.3 Å². The topological polar surface area (TPSA) is 73.3 Å². The molecule has 0 saturated heterocycles. The number of benzene rings is 2. The fourth-order valence-corrected chi connectivity index (χ4v) is 2.91. The molecule has 2 N–H and O–H groups in total. The summed E-state index contributed by atoms with van der Waals surface area (Å²) < 4.78 is 22.6. The summed E-state index contributed by atoms with van der Waals surface area (Å²) in [5.74, 6) is 3.60. The van der Waals surface area contributed by atoms with Gasteiger partial charge in [-0.25, -0.2) is 0 Å². The summed E-state index contributed by atoms with van der Waals surface area (Å²) in [7, 11) is 3.35. The molecule has 0 spiro atoms. The second kappa shape index (κ2) is 11.6. The van der Waals surface area contributed by atoms with E-state index in [1.54, 1.807) is 14.2 Å². The molecule has 0 bridgehead atoms. The molecule has 0 saturated carbocycles. The summed E-state index contributed by atoms with van der Waals surface area (Å²) in [4.78, 5) is 4.30. The average Bonchev–Trinajstić information content (AvgIpc) is 2.97. The molecule has 29 heavy (non-hydrogen) atoms. The van der Waals surface area contributed by atoms with Crippen LogP contribution in [0.3, 0.4) is 0 Å². The van der Waals surface area contributed by atoms with Gasteiger partial charge < -0.3 is 29.6 Å². The minimum Gasteiger partial charge on any atom is -0.493 e. The summed E-state index contributed by atoms with van der Waals surface area (Å²) in [5.41, 5.74) is 1.87. The second-order valence-electron chi connectivity index (χ2n) is 6.14. The number of aliphatic imine (C=N–C) groups is 1. The molecule has 2 aromatic carbocycles. The van der Waals surface area contributed by atoms with Crippen molar-refractivity contribution < 1.29 is 18.9 Å². The number of hydrogen-bond donors (Lipinski definition) is 2. The number of nitrogens with zero attached hydrogens (tertiary/aromatic N) is 1. The van der Waals surface area contributed by atoms with Gasteiger partial charge in [-0.15, -0.1) is 24.0 Å². The number of anilines is 1. The first-order chi connectivity index (χ1) is 13.7. The molecule has 2 aromatic rings. The zero-order valence-electron chi connectivity index (χ0n) is 17.0. The Bertz CT molecular complexity index is 830. The molecule has 0 aliphatic carbocycles. The molecular formula is C21H28IN3O4. The number of ether oxygens (including phenoxy) is 4. The molecule has 0 fully saturated rings. The lowest BCUT2D eigenvalue weighted by atomic mass is 10.2. The number of rotatable bonds is 6. The fraction of sp³-hybridized carbons (Fsp3) is 0.381. The van der Waals surface area contributed by atoms with E-state index in [1.807, 2.05) is 43.3 Å². The second-order valence-corrected chi connectivity index (χ2v) is 6.14. The predicted molar refractivity (Wildman–Crippen MR) is 125 cm³/mol. The number of fused-ring (bicyclic) bond motifs is 1. The van der Waals surface area contributed by atoms with E-state index in [0.717, 1.165) is 29.2 Å². The van der Waals surface area contributed by atoms with Crippen LogP contribution >= 0.6 is 24.0 Å². The number of guanidine groups is 1. The zero-order chi connectivity index (χ0) is 19.8. The Kier molecular flexibility index (Phi) is 9.17. The van der Waals surface area contributed by atoms with E-state index in [1.165, 1.54) is 0 Å². The van der Waals surface area contributed by atoms with Gasteiger partial charge >= 0.3 is 0 Å². The van der Waals surface area contributed by atoms with Crippen LogP contribution < -0.4 is 29.6 Å². The van der Waals surface area contributed by atoms with Crippen LogP contribution in [0, 0.1) is 0 Å². The third-order valence-electron chi connectivity index (χ3n) is 4.25. The van der Waals surface area contributed by atoms with Crippen molar-refractivity contribution in [3.63, 3.8) is 0 Å². The number of methoxy groups -OCH3 is 1. The van der Waals surface area contributed by atoms with Crippen molar-refractivity contribution in [3.8, 4) is 23.0 Å². The minimum atomic E-state index is 0. The van der Waals surface area contributed by atoms with E-state index in [-0.39, 0.29) is 24.0 Å². The minimum absolute atomic E-state index is 0. The summed E-state index contributed by atoms with van der Waals surface area (Å²) in [5, 5.41) is 6.59. The molecule has 1 heterocycles. The van der Waals surface area contributed by atoms with Gasteiger partial charge in [0.15, 0.2) is 29.0 Å². The van der Waals surface area contributed by atoms with Crippen molar-refractivity contribution in [1.82, 2.24) is 5.32 Å². The van der Waals surface area contributed by atoms with E-state index in [0.29, 0.717) is 43.8 Å². The Labute approximate surface area is 188 Å². The Morgan fingerprint density at radius 2 is 1.97 bits per heavy atom. The van der Waals surface area contributed by atoms with E-state index in [2.05, 4.69) is 15.6 Å². The van der Waals surface area contributed by atoms with Gasteiger partial charge in [0.05, 0.1) is 26.9 Å². The van der Waals surface area contributed by atoms with E-state index >= 15 is 0 Å². The maximum atomic E-state index is 5.88. The lowest BCUT2D eigenvalue weighted by Crippen LogP contribution is -2.30. The predicted octanol–water partition coefficient (Wildman–Crippen LogP) is 4.06. The van der Waals surface area contributed by atoms with Crippen LogP contribution in [0.25, 0.3) is 0 Å². The molecule has 1 aliphatic rings. The van der Waals surface area contributed by atoms with Crippen LogP contribution in [0.4, 0.5) is 5.69 Å². The lowest BCUT2D eigenvalue weighted by Gasteiger charge is -2.16. The normalized spacial score (nSPS) is 13.0. The van der Waals surface area contributed by atoms with Gasteiger partial charge in [-0.2, -0.15) is 0 Å². The van der Waals surface area contributed by atoms with Crippen LogP contribution in [0.15, 0.2) is 41.4 Å². The van der Waals surface area contributed by atoms with Crippen LogP contribution in [0.1, 0.15) is 18.9 Å². The molecule has 158 valence electrons. The molecule has 0 radical (unpaired) electrons. The molecule has 8 heteroatoms. The molecule has 3 rings (SSSR count). The first-order valence-electron chi connectivity index (χ1n) is 9.41. The SMILES string of the molecule is CCOc1cc(NC(=NC)NCc2cccc3c2OCCCO3)ccc1OC.I. The van der Waals surface area contributed by atoms with Gasteiger partial charge in [0.2, 0.25) is 0 Å². The largest absolute Gasteiger partial charge is 0.493 e. The number of nitrogens with one attached hydrogen (secondary N) is 2. The van der Waals surface area contributed by atoms with Crippen molar-refractivity contribution in [2.45, 2.75) is 19.9 Å². The summed E-state index contributed by atoms with van der Waals surface area (Å²) in [6.07, 6.45) is 0.879. The van der Waals surface area contributed by atoms with E-state index < -0.39 is 0 Å². The van der Waals surface area contributed by atoms with Crippen molar-refractivity contribution >= 4 is 35.6 Å². The van der Waals surface area contributed by atoms with Gasteiger partial charge in [-0.05, 0) is 25.1 Å². The van der Waals surface area contributed by atoms with Gasteiger partial charge in [-0.3, -0.25) is 4.99 Å². The van der Waals surface area contributed by atoms with Crippen LogP contribution in [-0.2, 0) is 6.54 Å². The third kappa shape index (κ3) is 6.06. The quantitative estimate of drug-likeness (QED) is 0.345. The van der Waals surface area contributed by atoms with Crippen molar-refractivity contribution in [2.75, 3.05) is 39.3 Å². The molecule has 7 nitrogen and oxygen atoms in total. The van der Waals surface area contributed by atoms with Crippen LogP contribution in [0.2, 0.25) is 0 Å². The highest BCUT2D eigenvalue weighted by molar-refractivity contribution is 14.0. The van der Waals surface area contributed by atoms with E-state index in [4.69, 9.17) is 18.9 Å². The zero-order valence-corrected chi connectivity index (χ0v) is 19.3. The molecular weight excluding hydrogens is 485 g/mol. The number of hydrogen-bond acceptors (Lipinski definition) is 5. The molecule has 1 aliphatic heterocycles. The molecule has 0 aromatic heterocycles. The van der Waals surface area contributed by atoms with Gasteiger partial charge in [0.1, 0.15) is 0 Å². The van der Waals surface area contributed by atoms with Gasteiger partial charge in [0.25, 0.3) is 0 Å². The highest BCUT2D eigenvalue weighted by Crippen LogP contribution is 2.33. The summed E-state index contributed by atoms with van der Waals surface area (Å²) in [6, 6.07) is 11.6. The summed E-state index contributed by atoms with van der Waals surface area (Å²) in [6.45, 7) is 4.39. The Morgan fingerprint density at radius 1 is 1.14 bits per heavy atom. The van der Waals surface area contributed by atoms with Crippen molar-refractivity contribution in [3.05, 3.63) is 42.0 Å². The smallest absolute Gasteiger partial charge is 0.195 e. The standard InChI is InChI=1S/C21H27N3O4.HI/c1-4-26-19-13-16(9-10-17(19)25-3)24-21(22-2)23-14-15-7-5-8-18-20(15)28-12-6-11-27-18;/h5,7-10,13H,4,6,11-12,14H2,1-3H3,(H2,22,23,24);1H. The number of para-hydroxylation sites is 1. The Balaban J connectivity index is 0.00000300. The van der Waals surface area contributed by atoms with Gasteiger partial charge in [-0.1, -0.05) is 12.1 Å². The molecule has 0 atom stereocenters. The molecule has 0 amide bonds. The monoisotopic (exact) mass is 513 g/mol. The first kappa shape index (κ1) is 22.9. The highest BCUT2D eigenvalue weighted by atomic mass is 127. The first-order valence-corrected chi connectivity index (χ1v) is 9.41. The lowest BCUT2D eigenvalue weighted by molar-refractivity contribution is 0.296. The maximum absolute atomic E-state index is 5.88. The fourth-order valence-electron chi connectivity index (χ4n) is 2.91. The van der Waals surface area contributed by atoms with Crippen LogP contribution in [0.5, 0.6) is 23.0 Å². The maximum Gasteiger partial charge on any atom is 0.195 e. The summed E-state index contributed by atoms with van der Waals surface area (Å²) >= 11 is 0. The Hall–Kier alpha value is -2.36. The van der Waals surface area contributed by atoms with E-state index in [9.17, 15) is 0 Å². The third-order valence-corrected chi connectivity index (χ3v) is 4.25. The number of halogens is 1.